The van der Waals surface area contributed by atoms with Gasteiger partial charge in [-0.15, -0.1) is 11.8 Å². The molecular weight excluding hydrogens is 356 g/mol. The van der Waals surface area contributed by atoms with E-state index in [0.717, 1.165) is 29.6 Å². The van der Waals surface area contributed by atoms with Gasteiger partial charge in [0.15, 0.2) is 0 Å². The fourth-order valence-electron chi connectivity index (χ4n) is 3.79. The Kier molecular flexibility index (Phi) is 4.62. The molecule has 0 atom stereocenters. The molecule has 0 fully saturated rings. The molecule has 4 nitrogen and oxygen atoms in total. The lowest BCUT2D eigenvalue weighted by Gasteiger charge is -2.11. The van der Waals surface area contributed by atoms with E-state index in [-0.39, 0.29) is 10.6 Å². The Labute approximate surface area is 162 Å². The quantitative estimate of drug-likeness (QED) is 0.231. The highest BCUT2D eigenvalue weighted by Crippen LogP contribution is 2.39. The molecule has 136 valence electrons. The van der Waals surface area contributed by atoms with E-state index in [9.17, 15) is 10.1 Å². The lowest BCUT2D eigenvalue weighted by atomic mass is 10.0. The number of aryl methyl sites for hydroxylation is 1. The summed E-state index contributed by atoms with van der Waals surface area (Å²) in [5, 5.41) is 13.8. The first-order valence-corrected chi connectivity index (χ1v) is 10.2. The molecule has 1 aromatic heterocycles. The predicted molar refractivity (Wildman–Crippen MR) is 113 cm³/mol. The highest BCUT2D eigenvalue weighted by molar-refractivity contribution is 7.98. The van der Waals surface area contributed by atoms with Gasteiger partial charge in [-0.25, -0.2) is 0 Å². The molecule has 0 spiro atoms. The van der Waals surface area contributed by atoms with Crippen LogP contribution in [0.2, 0.25) is 0 Å². The summed E-state index contributed by atoms with van der Waals surface area (Å²) in [4.78, 5) is 12.1. The van der Waals surface area contributed by atoms with Crippen LogP contribution in [0, 0.1) is 10.1 Å². The summed E-state index contributed by atoms with van der Waals surface area (Å²) in [6.45, 7) is 2.19. The zero-order valence-electron chi connectivity index (χ0n) is 15.3. The molecule has 4 rings (SSSR count). The van der Waals surface area contributed by atoms with Crippen LogP contribution in [-0.2, 0) is 6.42 Å². The van der Waals surface area contributed by atoms with Crippen LogP contribution in [0.1, 0.15) is 18.9 Å². The highest BCUT2D eigenvalue weighted by atomic mass is 32.2. The minimum Gasteiger partial charge on any atom is -0.308 e. The van der Waals surface area contributed by atoms with E-state index < -0.39 is 0 Å². The number of rotatable bonds is 5. The van der Waals surface area contributed by atoms with Crippen LogP contribution < -0.4 is 0 Å². The van der Waals surface area contributed by atoms with Crippen LogP contribution in [0.3, 0.4) is 0 Å². The molecule has 0 saturated carbocycles. The van der Waals surface area contributed by atoms with E-state index in [1.807, 2.05) is 12.1 Å². The molecule has 4 aromatic rings. The van der Waals surface area contributed by atoms with Gasteiger partial charge in [0, 0.05) is 27.8 Å². The van der Waals surface area contributed by atoms with Gasteiger partial charge in [0.2, 0.25) is 0 Å². The lowest BCUT2D eigenvalue weighted by Crippen LogP contribution is -1.97. The maximum absolute atomic E-state index is 11.3. The first-order chi connectivity index (χ1) is 13.2. The minimum atomic E-state index is -0.338. The summed E-state index contributed by atoms with van der Waals surface area (Å²) < 4.78 is 2.17. The third kappa shape index (κ3) is 2.88. The van der Waals surface area contributed by atoms with Crippen LogP contribution >= 0.6 is 11.8 Å². The van der Waals surface area contributed by atoms with Gasteiger partial charge in [0.1, 0.15) is 0 Å². The average Bonchev–Trinajstić information content (AvgIpc) is 3.04. The number of benzene rings is 3. The minimum absolute atomic E-state index is 0.105. The predicted octanol–water partition coefficient (Wildman–Crippen LogP) is 6.37. The fourth-order valence-corrected chi connectivity index (χ4v) is 4.38. The van der Waals surface area contributed by atoms with E-state index in [0.29, 0.717) is 0 Å². The molecule has 0 aliphatic carbocycles. The number of nitro benzene ring substituents is 1. The SMILES string of the molecule is CCCc1ccc(SC)c2c1c1ccccc1n2-c1cccc([N+](=O)[O-])c1. The van der Waals surface area contributed by atoms with Crippen LogP contribution in [0.15, 0.2) is 65.6 Å². The summed E-state index contributed by atoms with van der Waals surface area (Å²) in [6, 6.07) is 19.6. The van der Waals surface area contributed by atoms with Crippen molar-refractivity contribution >= 4 is 39.3 Å². The van der Waals surface area contributed by atoms with Crippen molar-refractivity contribution in [2.75, 3.05) is 6.26 Å². The van der Waals surface area contributed by atoms with Crippen LogP contribution in [0.25, 0.3) is 27.5 Å². The normalized spacial score (nSPS) is 11.3. The standard InChI is InChI=1S/C22H20N2O2S/c1-3-7-15-12-13-20(27-2)22-21(15)18-10-4-5-11-19(18)23(22)16-8-6-9-17(14-16)24(25)26/h4-6,8-14H,3,7H2,1-2H3. The van der Waals surface area contributed by atoms with E-state index >= 15 is 0 Å². The van der Waals surface area contributed by atoms with Crippen molar-refractivity contribution in [3.63, 3.8) is 0 Å². The molecule has 0 amide bonds. The largest absolute Gasteiger partial charge is 0.308 e. The van der Waals surface area contributed by atoms with E-state index in [4.69, 9.17) is 0 Å². The Morgan fingerprint density at radius 3 is 2.63 bits per heavy atom. The maximum atomic E-state index is 11.3. The van der Waals surface area contributed by atoms with E-state index in [2.05, 4.69) is 48.1 Å². The molecule has 0 N–H and O–H groups in total. The van der Waals surface area contributed by atoms with Crippen molar-refractivity contribution in [3.05, 3.63) is 76.3 Å². The molecule has 5 heteroatoms. The van der Waals surface area contributed by atoms with Crippen molar-refractivity contribution < 1.29 is 4.92 Å². The van der Waals surface area contributed by atoms with Gasteiger partial charge >= 0.3 is 0 Å². The Balaban J connectivity index is 2.17. The maximum Gasteiger partial charge on any atom is 0.271 e. The number of hydrogen-bond donors (Lipinski definition) is 0. The number of hydrogen-bond acceptors (Lipinski definition) is 3. The van der Waals surface area contributed by atoms with Crippen LogP contribution in [0.4, 0.5) is 5.69 Å². The summed E-state index contributed by atoms with van der Waals surface area (Å²) in [5.41, 5.74) is 4.46. The van der Waals surface area contributed by atoms with Gasteiger partial charge in [-0.05, 0) is 36.4 Å². The first-order valence-electron chi connectivity index (χ1n) is 8.99. The van der Waals surface area contributed by atoms with Crippen LogP contribution in [-0.4, -0.2) is 15.7 Å². The Morgan fingerprint density at radius 1 is 1.07 bits per heavy atom. The molecule has 0 saturated heterocycles. The summed E-state index contributed by atoms with van der Waals surface area (Å²) in [5.74, 6) is 0. The third-order valence-electron chi connectivity index (χ3n) is 4.90. The second-order valence-corrected chi connectivity index (χ2v) is 7.38. The molecule has 0 aliphatic heterocycles. The van der Waals surface area contributed by atoms with Gasteiger partial charge < -0.3 is 4.57 Å². The lowest BCUT2D eigenvalue weighted by molar-refractivity contribution is -0.384. The van der Waals surface area contributed by atoms with Crippen molar-refractivity contribution in [1.29, 1.82) is 0 Å². The molecule has 0 aliphatic rings. The highest BCUT2D eigenvalue weighted by Gasteiger charge is 2.19. The van der Waals surface area contributed by atoms with Crippen LogP contribution in [0.5, 0.6) is 0 Å². The molecule has 0 radical (unpaired) electrons. The van der Waals surface area contributed by atoms with Gasteiger partial charge in [0.25, 0.3) is 5.69 Å². The number of nitro groups is 1. The van der Waals surface area contributed by atoms with E-state index in [1.165, 1.54) is 27.3 Å². The second-order valence-electron chi connectivity index (χ2n) is 6.53. The molecule has 27 heavy (non-hydrogen) atoms. The molecule has 1 heterocycles. The van der Waals surface area contributed by atoms with Gasteiger partial charge in [-0.1, -0.05) is 43.7 Å². The number of non-ortho nitro benzene ring substituents is 1. The average molecular weight is 376 g/mol. The van der Waals surface area contributed by atoms with E-state index in [1.54, 1.807) is 23.9 Å². The Hall–Kier alpha value is -2.79. The smallest absolute Gasteiger partial charge is 0.271 e. The number of nitrogens with zero attached hydrogens (tertiary/aromatic N) is 2. The summed E-state index contributed by atoms with van der Waals surface area (Å²) in [6.07, 6.45) is 4.15. The fraction of sp³-hybridized carbons (Fsp3) is 0.182. The summed E-state index contributed by atoms with van der Waals surface area (Å²) in [7, 11) is 0. The molecule has 0 unspecified atom stereocenters. The van der Waals surface area contributed by atoms with Crippen molar-refractivity contribution in [2.45, 2.75) is 24.7 Å². The Bertz CT molecular complexity index is 1160. The molecule has 3 aromatic carbocycles. The monoisotopic (exact) mass is 376 g/mol. The van der Waals surface area contributed by atoms with Crippen molar-refractivity contribution in [2.24, 2.45) is 0 Å². The van der Waals surface area contributed by atoms with Crippen molar-refractivity contribution in [1.82, 2.24) is 4.57 Å². The Morgan fingerprint density at radius 2 is 1.89 bits per heavy atom. The first kappa shape index (κ1) is 17.6. The zero-order valence-corrected chi connectivity index (χ0v) is 16.1. The second kappa shape index (κ2) is 7.08. The molecular formula is C22H20N2O2S. The topological polar surface area (TPSA) is 48.1 Å². The number of para-hydroxylation sites is 1. The van der Waals surface area contributed by atoms with Gasteiger partial charge in [-0.2, -0.15) is 0 Å². The molecule has 0 bridgehead atoms. The van der Waals surface area contributed by atoms with Gasteiger partial charge in [-0.3, -0.25) is 10.1 Å². The number of aromatic nitrogens is 1. The number of fused-ring (bicyclic) bond motifs is 3. The van der Waals surface area contributed by atoms with Gasteiger partial charge in [0.05, 0.1) is 21.6 Å². The van der Waals surface area contributed by atoms with Crippen molar-refractivity contribution in [3.8, 4) is 5.69 Å². The third-order valence-corrected chi connectivity index (χ3v) is 5.67. The zero-order chi connectivity index (χ0) is 19.0. The number of thioether (sulfide) groups is 1. The summed E-state index contributed by atoms with van der Waals surface area (Å²) >= 11 is 1.70.